The number of hydrogen-bond donors (Lipinski definition) is 2. The molecule has 0 aliphatic heterocycles. The zero-order valence-corrected chi connectivity index (χ0v) is 21.1. The molecule has 0 bridgehead atoms. The molecule has 0 aliphatic rings. The van der Waals surface area contributed by atoms with Crippen molar-refractivity contribution in [2.24, 2.45) is 0 Å². The molecule has 8 heteroatoms. The lowest BCUT2D eigenvalue weighted by molar-refractivity contribution is -0.139. The van der Waals surface area contributed by atoms with Crippen LogP contribution in [0.25, 0.3) is 11.1 Å². The Morgan fingerprint density at radius 3 is 2.27 bits per heavy atom. The van der Waals surface area contributed by atoms with Crippen molar-refractivity contribution in [3.63, 3.8) is 0 Å². The van der Waals surface area contributed by atoms with Gasteiger partial charge in [-0.1, -0.05) is 61.5 Å². The van der Waals surface area contributed by atoms with Gasteiger partial charge in [-0.15, -0.1) is 0 Å². The molecule has 5 nitrogen and oxygen atoms in total. The van der Waals surface area contributed by atoms with Gasteiger partial charge in [0.25, 0.3) is 0 Å². The fraction of sp³-hybridized carbons (Fsp3) is 0.310. The second-order valence-corrected chi connectivity index (χ2v) is 8.90. The molecular weight excluding hydrogens is 481 g/mol. The first-order chi connectivity index (χ1) is 17.5. The smallest absolute Gasteiger partial charge is 0.416 e. The van der Waals surface area contributed by atoms with Gasteiger partial charge in [0.15, 0.2) is 0 Å². The Labute approximate surface area is 214 Å². The predicted molar refractivity (Wildman–Crippen MR) is 137 cm³/mol. The average Bonchev–Trinajstić information content (AvgIpc) is 2.89. The Morgan fingerprint density at radius 1 is 0.973 bits per heavy atom. The van der Waals surface area contributed by atoms with Crippen molar-refractivity contribution >= 4 is 12.0 Å². The van der Waals surface area contributed by atoms with Crippen LogP contribution in [-0.2, 0) is 30.5 Å². The minimum atomic E-state index is -4.55. The van der Waals surface area contributed by atoms with E-state index in [1.807, 2.05) is 43.3 Å². The second kappa shape index (κ2) is 12.0. The van der Waals surface area contributed by atoms with Crippen molar-refractivity contribution < 1.29 is 27.9 Å². The van der Waals surface area contributed by atoms with Gasteiger partial charge >= 0.3 is 18.2 Å². The van der Waals surface area contributed by atoms with Gasteiger partial charge in [0.1, 0.15) is 0 Å². The number of rotatable bonds is 9. The van der Waals surface area contributed by atoms with Crippen LogP contribution in [0.5, 0.6) is 0 Å². The second-order valence-electron chi connectivity index (χ2n) is 8.90. The summed E-state index contributed by atoms with van der Waals surface area (Å²) in [5, 5.41) is 12.3. The van der Waals surface area contributed by atoms with Crippen LogP contribution in [0, 0.1) is 0 Å². The number of carboxylic acids is 1. The average molecular weight is 513 g/mol. The van der Waals surface area contributed by atoms with Crippen molar-refractivity contribution in [1.29, 1.82) is 0 Å². The standard InChI is InChI=1S/C29H31F3N2O3/c1-4-20-13-22(19(3)27(35)36)15-23(14-20)26-12-11-25(29(30,31)32)16-24(26)18-34(5-2)28(37)33-17-21-9-7-6-8-10-21/h6-16,19H,4-5,17-18H2,1-3H3,(H,33,37)(H,35,36). The fourth-order valence-corrected chi connectivity index (χ4v) is 4.07. The van der Waals surface area contributed by atoms with Crippen LogP contribution < -0.4 is 5.32 Å². The molecule has 0 saturated heterocycles. The molecule has 1 atom stereocenters. The van der Waals surface area contributed by atoms with Gasteiger partial charge in [-0.05, 0) is 65.8 Å². The van der Waals surface area contributed by atoms with Gasteiger partial charge in [0.05, 0.1) is 11.5 Å². The van der Waals surface area contributed by atoms with Crippen molar-refractivity contribution in [3.05, 3.63) is 94.5 Å². The number of halogens is 3. The zero-order valence-electron chi connectivity index (χ0n) is 21.1. The maximum atomic E-state index is 13.6. The van der Waals surface area contributed by atoms with E-state index in [-0.39, 0.29) is 13.1 Å². The van der Waals surface area contributed by atoms with E-state index in [0.717, 1.165) is 23.3 Å². The highest BCUT2D eigenvalue weighted by atomic mass is 19.4. The number of hydrogen-bond acceptors (Lipinski definition) is 2. The topological polar surface area (TPSA) is 69.6 Å². The van der Waals surface area contributed by atoms with Crippen LogP contribution in [0.1, 0.15) is 54.5 Å². The number of carbonyl (C=O) groups is 2. The van der Waals surface area contributed by atoms with E-state index in [4.69, 9.17) is 0 Å². The molecule has 0 spiro atoms. The van der Waals surface area contributed by atoms with Crippen LogP contribution in [0.3, 0.4) is 0 Å². The number of nitrogens with one attached hydrogen (secondary N) is 1. The maximum Gasteiger partial charge on any atom is 0.416 e. The molecule has 3 aromatic carbocycles. The van der Waals surface area contributed by atoms with Crippen LogP contribution in [0.15, 0.2) is 66.7 Å². The highest BCUT2D eigenvalue weighted by Crippen LogP contribution is 2.35. The third-order valence-electron chi connectivity index (χ3n) is 6.35. The summed E-state index contributed by atoms with van der Waals surface area (Å²) < 4.78 is 40.8. The molecule has 1 unspecified atom stereocenters. The third kappa shape index (κ3) is 7.12. The van der Waals surface area contributed by atoms with Crippen molar-refractivity contribution in [1.82, 2.24) is 10.2 Å². The van der Waals surface area contributed by atoms with E-state index in [9.17, 15) is 27.9 Å². The molecule has 0 radical (unpaired) electrons. The maximum absolute atomic E-state index is 13.6. The Hall–Kier alpha value is -3.81. The van der Waals surface area contributed by atoms with Crippen LogP contribution >= 0.6 is 0 Å². The summed E-state index contributed by atoms with van der Waals surface area (Å²) in [6.07, 6.45) is -3.92. The summed E-state index contributed by atoms with van der Waals surface area (Å²) in [6, 6.07) is 17.8. The van der Waals surface area contributed by atoms with E-state index in [1.165, 1.54) is 11.0 Å². The monoisotopic (exact) mass is 512 g/mol. The first-order valence-corrected chi connectivity index (χ1v) is 12.2. The molecule has 0 saturated carbocycles. The summed E-state index contributed by atoms with van der Waals surface area (Å²) in [5.74, 6) is -1.77. The number of aryl methyl sites for hydroxylation is 1. The van der Waals surface area contributed by atoms with Gasteiger partial charge in [-0.3, -0.25) is 4.79 Å². The third-order valence-corrected chi connectivity index (χ3v) is 6.35. The highest BCUT2D eigenvalue weighted by molar-refractivity contribution is 5.78. The lowest BCUT2D eigenvalue weighted by Crippen LogP contribution is -2.39. The lowest BCUT2D eigenvalue weighted by atomic mass is 9.90. The zero-order chi connectivity index (χ0) is 27.2. The minimum Gasteiger partial charge on any atom is -0.481 e. The van der Waals surface area contributed by atoms with E-state index < -0.39 is 29.7 Å². The quantitative estimate of drug-likeness (QED) is 0.329. The summed E-state index contributed by atoms with van der Waals surface area (Å²) in [4.78, 5) is 26.0. The van der Waals surface area contributed by atoms with Gasteiger partial charge in [-0.2, -0.15) is 13.2 Å². The Morgan fingerprint density at radius 2 is 1.68 bits per heavy atom. The lowest BCUT2D eigenvalue weighted by Gasteiger charge is -2.24. The molecular formula is C29H31F3N2O3. The summed E-state index contributed by atoms with van der Waals surface area (Å²) in [6.45, 7) is 5.80. The predicted octanol–water partition coefficient (Wildman–Crippen LogP) is 6.85. The number of benzene rings is 3. The molecule has 2 amide bonds. The summed E-state index contributed by atoms with van der Waals surface area (Å²) >= 11 is 0. The minimum absolute atomic E-state index is 0.0451. The van der Waals surface area contributed by atoms with Crippen LogP contribution in [0.2, 0.25) is 0 Å². The Balaban J connectivity index is 2.00. The van der Waals surface area contributed by atoms with Gasteiger partial charge in [-0.25, -0.2) is 4.79 Å². The number of carboxylic acid groups (broad SMARTS) is 1. The van der Waals surface area contributed by atoms with E-state index >= 15 is 0 Å². The number of urea groups is 1. The number of alkyl halides is 3. The van der Waals surface area contributed by atoms with E-state index in [1.54, 1.807) is 26.0 Å². The SMILES string of the molecule is CCc1cc(-c2ccc(C(F)(F)F)cc2CN(CC)C(=O)NCc2ccccc2)cc(C(C)C(=O)O)c1. The van der Waals surface area contributed by atoms with Crippen molar-refractivity contribution in [2.75, 3.05) is 6.54 Å². The molecule has 0 fully saturated rings. The van der Waals surface area contributed by atoms with Crippen molar-refractivity contribution in [3.8, 4) is 11.1 Å². The van der Waals surface area contributed by atoms with Crippen molar-refractivity contribution in [2.45, 2.75) is 52.4 Å². The molecule has 3 aromatic rings. The first-order valence-electron chi connectivity index (χ1n) is 12.2. The Bertz CT molecular complexity index is 1240. The van der Waals surface area contributed by atoms with E-state index in [2.05, 4.69) is 5.32 Å². The molecule has 0 aliphatic carbocycles. The normalized spacial score (nSPS) is 12.2. The molecule has 37 heavy (non-hydrogen) atoms. The number of amides is 2. The fourth-order valence-electron chi connectivity index (χ4n) is 4.07. The van der Waals surface area contributed by atoms with E-state index in [0.29, 0.717) is 35.2 Å². The van der Waals surface area contributed by atoms with Gasteiger partial charge < -0.3 is 15.3 Å². The number of nitrogens with zero attached hydrogens (tertiary/aromatic N) is 1. The van der Waals surface area contributed by atoms with Crippen LogP contribution in [-0.4, -0.2) is 28.6 Å². The largest absolute Gasteiger partial charge is 0.481 e. The highest BCUT2D eigenvalue weighted by Gasteiger charge is 2.31. The molecule has 196 valence electrons. The molecule has 0 aromatic heterocycles. The Kier molecular flexibility index (Phi) is 8.97. The van der Waals surface area contributed by atoms with Gasteiger partial charge in [0.2, 0.25) is 0 Å². The summed E-state index contributed by atoms with van der Waals surface area (Å²) in [7, 11) is 0. The van der Waals surface area contributed by atoms with Gasteiger partial charge in [0, 0.05) is 19.6 Å². The molecule has 3 rings (SSSR count). The molecule has 2 N–H and O–H groups in total. The van der Waals surface area contributed by atoms with Crippen LogP contribution in [0.4, 0.5) is 18.0 Å². The first kappa shape index (κ1) is 27.8. The number of aliphatic carboxylic acids is 1. The number of carbonyl (C=O) groups excluding carboxylic acids is 1. The molecule has 0 heterocycles. The summed E-state index contributed by atoms with van der Waals surface area (Å²) in [5.41, 5.74) is 3.01.